The molecule has 8 nitrogen and oxygen atoms in total. The lowest BCUT2D eigenvalue weighted by atomic mass is 10.3. The van der Waals surface area contributed by atoms with Crippen molar-refractivity contribution in [3.05, 3.63) is 48.5 Å². The van der Waals surface area contributed by atoms with Gasteiger partial charge in [0.15, 0.2) is 5.16 Å². The third-order valence-corrected chi connectivity index (χ3v) is 5.23. The molecule has 0 saturated carbocycles. The number of nitrogens with zero attached hydrogens (tertiary/aromatic N) is 2. The molecule has 0 aliphatic rings. The second-order valence-electron chi connectivity index (χ2n) is 6.38. The first-order valence-corrected chi connectivity index (χ1v) is 10.4. The number of fused-ring (bicyclic) bond motifs is 1. The molecule has 158 valence electrons. The Balaban J connectivity index is 1.66. The summed E-state index contributed by atoms with van der Waals surface area (Å²) in [6.07, 6.45) is 0. The quantitative estimate of drug-likeness (QED) is 0.381. The molecular weight excluding hydrogens is 404 g/mol. The van der Waals surface area contributed by atoms with Gasteiger partial charge in [-0.2, -0.15) is 0 Å². The zero-order valence-corrected chi connectivity index (χ0v) is 17.7. The summed E-state index contributed by atoms with van der Waals surface area (Å²) in [7, 11) is 3.18. The van der Waals surface area contributed by atoms with Crippen LogP contribution in [0.3, 0.4) is 0 Å². The van der Waals surface area contributed by atoms with Crippen molar-refractivity contribution in [2.75, 3.05) is 38.4 Å². The SMILES string of the molecule is COCCNC(=O)Cn1c(SCC(=O)Nc2ccc(OC)cc2)nc2ccccc21. The Hall–Kier alpha value is -3.04. The third-order valence-electron chi connectivity index (χ3n) is 4.26. The minimum atomic E-state index is -0.159. The topological polar surface area (TPSA) is 94.5 Å². The Bertz CT molecular complexity index is 1000. The normalized spacial score (nSPS) is 10.7. The summed E-state index contributed by atoms with van der Waals surface area (Å²) >= 11 is 1.29. The maximum absolute atomic E-state index is 12.4. The Morgan fingerprint density at radius 3 is 2.57 bits per heavy atom. The fourth-order valence-corrected chi connectivity index (χ4v) is 3.62. The summed E-state index contributed by atoms with van der Waals surface area (Å²) in [5.74, 6) is 0.591. The van der Waals surface area contributed by atoms with Gasteiger partial charge in [0.2, 0.25) is 11.8 Å². The van der Waals surface area contributed by atoms with E-state index in [9.17, 15) is 9.59 Å². The van der Waals surface area contributed by atoms with Crippen molar-refractivity contribution in [2.45, 2.75) is 11.7 Å². The first-order chi connectivity index (χ1) is 14.6. The molecule has 0 bridgehead atoms. The van der Waals surface area contributed by atoms with Gasteiger partial charge in [0, 0.05) is 19.3 Å². The van der Waals surface area contributed by atoms with Crippen LogP contribution >= 0.6 is 11.8 Å². The number of benzene rings is 2. The Kier molecular flexibility index (Phi) is 7.69. The second-order valence-corrected chi connectivity index (χ2v) is 7.32. The van der Waals surface area contributed by atoms with E-state index in [1.807, 2.05) is 28.8 Å². The molecule has 0 spiro atoms. The lowest BCUT2D eigenvalue weighted by molar-refractivity contribution is -0.121. The number of aromatic nitrogens is 2. The molecule has 1 heterocycles. The number of thioether (sulfide) groups is 1. The minimum Gasteiger partial charge on any atom is -0.497 e. The molecule has 2 amide bonds. The van der Waals surface area contributed by atoms with Gasteiger partial charge in [-0.1, -0.05) is 23.9 Å². The number of methoxy groups -OCH3 is 2. The second kappa shape index (κ2) is 10.7. The fraction of sp³-hybridized carbons (Fsp3) is 0.286. The highest BCUT2D eigenvalue weighted by Crippen LogP contribution is 2.24. The maximum Gasteiger partial charge on any atom is 0.240 e. The van der Waals surface area contributed by atoms with Crippen molar-refractivity contribution in [1.29, 1.82) is 0 Å². The van der Waals surface area contributed by atoms with Gasteiger partial charge in [0.1, 0.15) is 12.3 Å². The van der Waals surface area contributed by atoms with Crippen LogP contribution in [0.1, 0.15) is 0 Å². The van der Waals surface area contributed by atoms with E-state index in [-0.39, 0.29) is 24.1 Å². The van der Waals surface area contributed by atoms with Gasteiger partial charge in [-0.3, -0.25) is 9.59 Å². The first-order valence-electron chi connectivity index (χ1n) is 9.38. The summed E-state index contributed by atoms with van der Waals surface area (Å²) in [5, 5.41) is 6.27. The predicted molar refractivity (Wildman–Crippen MR) is 117 cm³/mol. The largest absolute Gasteiger partial charge is 0.497 e. The number of carbonyl (C=O) groups excluding carboxylic acids is 2. The van der Waals surface area contributed by atoms with Crippen LogP contribution in [0, 0.1) is 0 Å². The molecule has 3 rings (SSSR count). The Morgan fingerprint density at radius 2 is 1.83 bits per heavy atom. The molecule has 0 unspecified atom stereocenters. The number of hydrogen-bond acceptors (Lipinski definition) is 6. The molecule has 0 fully saturated rings. The van der Waals surface area contributed by atoms with Gasteiger partial charge in [0.05, 0.1) is 30.5 Å². The van der Waals surface area contributed by atoms with E-state index in [2.05, 4.69) is 15.6 Å². The van der Waals surface area contributed by atoms with Crippen molar-refractivity contribution < 1.29 is 19.1 Å². The Labute approximate surface area is 179 Å². The summed E-state index contributed by atoms with van der Waals surface area (Å²) in [5.41, 5.74) is 2.31. The number of nitrogens with one attached hydrogen (secondary N) is 2. The van der Waals surface area contributed by atoms with Gasteiger partial charge >= 0.3 is 0 Å². The number of ether oxygens (including phenoxy) is 2. The van der Waals surface area contributed by atoms with Gasteiger partial charge in [-0.15, -0.1) is 0 Å². The highest BCUT2D eigenvalue weighted by atomic mass is 32.2. The minimum absolute atomic E-state index is 0.118. The van der Waals surface area contributed by atoms with Crippen LogP contribution < -0.4 is 15.4 Å². The van der Waals surface area contributed by atoms with Crippen LogP contribution in [0.5, 0.6) is 5.75 Å². The molecule has 0 aliphatic heterocycles. The van der Waals surface area contributed by atoms with Crippen LogP contribution in [-0.2, 0) is 20.9 Å². The molecular formula is C21H24N4O4S. The standard InChI is InChI=1S/C21H24N4O4S/c1-28-12-11-22-19(26)13-25-18-6-4-3-5-17(18)24-21(25)30-14-20(27)23-15-7-9-16(29-2)10-8-15/h3-10H,11-14H2,1-2H3,(H,22,26)(H,23,27). The number of anilines is 1. The average Bonchev–Trinajstić information content (AvgIpc) is 3.10. The van der Waals surface area contributed by atoms with Crippen molar-refractivity contribution in [3.8, 4) is 5.75 Å². The molecule has 0 radical (unpaired) electrons. The molecule has 30 heavy (non-hydrogen) atoms. The summed E-state index contributed by atoms with van der Waals surface area (Å²) in [6, 6.07) is 14.7. The molecule has 0 saturated heterocycles. The van der Waals surface area contributed by atoms with Crippen molar-refractivity contribution in [3.63, 3.8) is 0 Å². The van der Waals surface area contributed by atoms with E-state index in [0.717, 1.165) is 16.8 Å². The van der Waals surface area contributed by atoms with E-state index in [4.69, 9.17) is 9.47 Å². The van der Waals surface area contributed by atoms with Gasteiger partial charge in [-0.25, -0.2) is 4.98 Å². The van der Waals surface area contributed by atoms with Crippen LogP contribution in [0.25, 0.3) is 11.0 Å². The number of hydrogen-bond donors (Lipinski definition) is 2. The number of carbonyl (C=O) groups is 2. The first kappa shape index (κ1) is 21.7. The number of rotatable bonds is 10. The molecule has 3 aromatic rings. The van der Waals surface area contributed by atoms with E-state index < -0.39 is 0 Å². The Morgan fingerprint density at radius 1 is 1.07 bits per heavy atom. The highest BCUT2D eigenvalue weighted by molar-refractivity contribution is 7.99. The summed E-state index contributed by atoms with van der Waals surface area (Å²) in [4.78, 5) is 29.3. The monoisotopic (exact) mass is 428 g/mol. The maximum atomic E-state index is 12.4. The molecule has 2 N–H and O–H groups in total. The lowest BCUT2D eigenvalue weighted by Gasteiger charge is -2.10. The van der Waals surface area contributed by atoms with Crippen LogP contribution in [0.2, 0.25) is 0 Å². The number of amides is 2. The van der Waals surface area contributed by atoms with Crippen molar-refractivity contribution in [1.82, 2.24) is 14.9 Å². The summed E-state index contributed by atoms with van der Waals surface area (Å²) in [6.45, 7) is 1.00. The molecule has 2 aromatic carbocycles. The molecule has 9 heteroatoms. The van der Waals surface area contributed by atoms with Crippen LogP contribution in [0.15, 0.2) is 53.7 Å². The molecule has 0 aliphatic carbocycles. The van der Waals surface area contributed by atoms with Gasteiger partial charge in [0.25, 0.3) is 0 Å². The average molecular weight is 429 g/mol. The van der Waals surface area contributed by atoms with E-state index in [1.165, 1.54) is 11.8 Å². The smallest absolute Gasteiger partial charge is 0.240 e. The van der Waals surface area contributed by atoms with Gasteiger partial charge < -0.3 is 24.7 Å². The molecule has 1 aromatic heterocycles. The zero-order valence-electron chi connectivity index (χ0n) is 16.9. The van der Waals surface area contributed by atoms with Crippen LogP contribution in [-0.4, -0.2) is 54.5 Å². The number of para-hydroxylation sites is 2. The predicted octanol–water partition coefficient (Wildman–Crippen LogP) is 2.54. The molecule has 0 atom stereocenters. The van der Waals surface area contributed by atoms with Crippen molar-refractivity contribution >= 4 is 40.3 Å². The number of imidazole rings is 1. The summed E-state index contributed by atoms with van der Waals surface area (Å²) < 4.78 is 11.9. The van der Waals surface area contributed by atoms with Crippen molar-refractivity contribution in [2.24, 2.45) is 0 Å². The lowest BCUT2D eigenvalue weighted by Crippen LogP contribution is -2.30. The van der Waals surface area contributed by atoms with E-state index in [1.54, 1.807) is 38.5 Å². The van der Waals surface area contributed by atoms with E-state index >= 15 is 0 Å². The van der Waals surface area contributed by atoms with Crippen LogP contribution in [0.4, 0.5) is 5.69 Å². The zero-order chi connectivity index (χ0) is 21.3. The highest BCUT2D eigenvalue weighted by Gasteiger charge is 2.15. The third kappa shape index (κ3) is 5.74. The fourth-order valence-electron chi connectivity index (χ4n) is 2.81. The van der Waals surface area contributed by atoms with E-state index in [0.29, 0.717) is 24.0 Å². The van der Waals surface area contributed by atoms with Gasteiger partial charge in [-0.05, 0) is 36.4 Å².